The van der Waals surface area contributed by atoms with Crippen LogP contribution in [0.1, 0.15) is 46.4 Å². The predicted octanol–water partition coefficient (Wildman–Crippen LogP) is 3.49. The SMILES string of the molecule is O=C(NC1CCc2cc(-c3noc(C(F)F)n3)cnc21)c1ccccc1. The van der Waals surface area contributed by atoms with Crippen molar-refractivity contribution in [1.29, 1.82) is 0 Å². The Morgan fingerprint density at radius 1 is 1.27 bits per heavy atom. The van der Waals surface area contributed by atoms with E-state index in [0.29, 0.717) is 11.1 Å². The molecule has 0 bridgehead atoms. The molecule has 1 unspecified atom stereocenters. The molecule has 0 fully saturated rings. The van der Waals surface area contributed by atoms with Crippen LogP contribution in [0.4, 0.5) is 8.78 Å². The number of nitrogens with one attached hydrogen (secondary N) is 1. The molecule has 0 aliphatic heterocycles. The highest BCUT2D eigenvalue weighted by molar-refractivity contribution is 5.94. The number of carbonyl (C=O) groups is 1. The Bertz CT molecular complexity index is 943. The Morgan fingerprint density at radius 2 is 2.08 bits per heavy atom. The van der Waals surface area contributed by atoms with E-state index in [4.69, 9.17) is 0 Å². The van der Waals surface area contributed by atoms with E-state index >= 15 is 0 Å². The van der Waals surface area contributed by atoms with Crippen molar-refractivity contribution >= 4 is 5.91 Å². The topological polar surface area (TPSA) is 80.9 Å². The Hall–Kier alpha value is -3.16. The Balaban J connectivity index is 1.54. The highest BCUT2D eigenvalue weighted by Crippen LogP contribution is 2.32. The van der Waals surface area contributed by atoms with E-state index in [2.05, 4.69) is 25.0 Å². The maximum Gasteiger partial charge on any atom is 0.315 e. The Labute approximate surface area is 147 Å². The van der Waals surface area contributed by atoms with Crippen LogP contribution in [-0.4, -0.2) is 21.0 Å². The van der Waals surface area contributed by atoms with Crippen LogP contribution in [0.3, 0.4) is 0 Å². The van der Waals surface area contributed by atoms with E-state index in [0.717, 1.165) is 24.1 Å². The number of pyridine rings is 1. The lowest BCUT2D eigenvalue weighted by atomic mass is 10.1. The summed E-state index contributed by atoms with van der Waals surface area (Å²) in [5, 5.41) is 6.54. The number of amides is 1. The lowest BCUT2D eigenvalue weighted by Gasteiger charge is -2.13. The van der Waals surface area contributed by atoms with Crippen LogP contribution < -0.4 is 5.32 Å². The summed E-state index contributed by atoms with van der Waals surface area (Å²) in [5.74, 6) is -0.796. The number of aryl methyl sites for hydroxylation is 1. The molecule has 1 amide bonds. The molecule has 3 aromatic rings. The van der Waals surface area contributed by atoms with Gasteiger partial charge in [0.25, 0.3) is 11.8 Å². The average molecular weight is 356 g/mol. The third kappa shape index (κ3) is 3.05. The van der Waals surface area contributed by atoms with Gasteiger partial charge in [-0.25, -0.2) is 0 Å². The first kappa shape index (κ1) is 16.3. The third-order valence-electron chi connectivity index (χ3n) is 4.26. The standard InChI is InChI=1S/C18H14F2N4O2/c19-15(20)18-23-16(24-26-18)12-8-11-6-7-13(14(11)21-9-12)22-17(25)10-4-2-1-3-5-10/h1-5,8-9,13,15H,6-7H2,(H,22,25). The zero-order valence-corrected chi connectivity index (χ0v) is 13.5. The maximum absolute atomic E-state index is 12.6. The summed E-state index contributed by atoms with van der Waals surface area (Å²) in [4.78, 5) is 20.4. The highest BCUT2D eigenvalue weighted by atomic mass is 19.3. The maximum atomic E-state index is 12.6. The number of alkyl halides is 2. The number of halogens is 2. The summed E-state index contributed by atoms with van der Waals surface area (Å²) in [6.45, 7) is 0. The second-order valence-electron chi connectivity index (χ2n) is 5.96. The van der Waals surface area contributed by atoms with Crippen molar-refractivity contribution in [2.75, 3.05) is 0 Å². The molecule has 1 aliphatic rings. The van der Waals surface area contributed by atoms with Crippen molar-refractivity contribution in [2.24, 2.45) is 0 Å². The fourth-order valence-electron chi connectivity index (χ4n) is 3.01. The summed E-state index contributed by atoms with van der Waals surface area (Å²) in [7, 11) is 0. The van der Waals surface area contributed by atoms with E-state index in [9.17, 15) is 13.6 Å². The van der Waals surface area contributed by atoms with E-state index in [1.165, 1.54) is 6.20 Å². The minimum atomic E-state index is -2.81. The molecular formula is C18H14F2N4O2. The summed E-state index contributed by atoms with van der Waals surface area (Å²) in [5.41, 5.74) is 2.80. The Morgan fingerprint density at radius 3 is 2.81 bits per heavy atom. The largest absolute Gasteiger partial charge is 0.344 e. The van der Waals surface area contributed by atoms with E-state index in [1.54, 1.807) is 30.3 Å². The van der Waals surface area contributed by atoms with Gasteiger partial charge in [0.1, 0.15) is 0 Å². The van der Waals surface area contributed by atoms with Gasteiger partial charge in [0.2, 0.25) is 5.82 Å². The first-order valence-electron chi connectivity index (χ1n) is 8.08. The molecule has 132 valence electrons. The normalized spacial score (nSPS) is 15.9. The number of fused-ring (bicyclic) bond motifs is 1. The molecule has 2 heterocycles. The molecule has 4 rings (SSSR count). The molecule has 0 radical (unpaired) electrons. The van der Waals surface area contributed by atoms with Crippen LogP contribution in [0, 0.1) is 0 Å². The fraction of sp³-hybridized carbons (Fsp3) is 0.222. The monoisotopic (exact) mass is 356 g/mol. The van der Waals surface area contributed by atoms with Gasteiger partial charge in [-0.3, -0.25) is 9.78 Å². The van der Waals surface area contributed by atoms with Crippen molar-refractivity contribution in [3.63, 3.8) is 0 Å². The second kappa shape index (κ2) is 6.62. The van der Waals surface area contributed by atoms with Crippen molar-refractivity contribution in [1.82, 2.24) is 20.4 Å². The van der Waals surface area contributed by atoms with Crippen LogP contribution in [0.25, 0.3) is 11.4 Å². The van der Waals surface area contributed by atoms with E-state index in [-0.39, 0.29) is 17.8 Å². The number of rotatable bonds is 4. The van der Waals surface area contributed by atoms with Crippen molar-refractivity contribution < 1.29 is 18.1 Å². The molecule has 2 aromatic heterocycles. The van der Waals surface area contributed by atoms with Gasteiger partial charge < -0.3 is 9.84 Å². The summed E-state index contributed by atoms with van der Waals surface area (Å²) in [6, 6.07) is 10.6. The molecule has 0 saturated carbocycles. The lowest BCUT2D eigenvalue weighted by Crippen LogP contribution is -2.27. The number of hydrogen-bond donors (Lipinski definition) is 1. The van der Waals surface area contributed by atoms with Gasteiger partial charge in [0, 0.05) is 17.3 Å². The van der Waals surface area contributed by atoms with Crippen molar-refractivity contribution in [3.05, 3.63) is 65.3 Å². The number of benzene rings is 1. The Kier molecular flexibility index (Phi) is 4.16. The summed E-state index contributed by atoms with van der Waals surface area (Å²) >= 11 is 0. The third-order valence-corrected chi connectivity index (χ3v) is 4.26. The second-order valence-corrected chi connectivity index (χ2v) is 5.96. The molecule has 1 N–H and O–H groups in total. The van der Waals surface area contributed by atoms with Crippen LogP contribution in [0.5, 0.6) is 0 Å². The van der Waals surface area contributed by atoms with Crippen molar-refractivity contribution in [3.8, 4) is 11.4 Å². The summed E-state index contributed by atoms with van der Waals surface area (Å²) in [6.07, 6.45) is 0.136. The van der Waals surface area contributed by atoms with Gasteiger partial charge in [-0.1, -0.05) is 23.4 Å². The first-order valence-corrected chi connectivity index (χ1v) is 8.08. The van der Waals surface area contributed by atoms with Gasteiger partial charge in [-0.2, -0.15) is 13.8 Å². The van der Waals surface area contributed by atoms with Gasteiger partial charge in [-0.05, 0) is 36.6 Å². The molecular weight excluding hydrogens is 342 g/mol. The van der Waals surface area contributed by atoms with Crippen LogP contribution in [-0.2, 0) is 6.42 Å². The van der Waals surface area contributed by atoms with E-state index in [1.807, 2.05) is 6.07 Å². The van der Waals surface area contributed by atoms with Crippen LogP contribution >= 0.6 is 0 Å². The predicted molar refractivity (Wildman–Crippen MR) is 87.5 cm³/mol. The zero-order chi connectivity index (χ0) is 18.1. The number of nitrogens with zero attached hydrogens (tertiary/aromatic N) is 3. The fourth-order valence-corrected chi connectivity index (χ4v) is 3.01. The first-order chi connectivity index (χ1) is 12.6. The molecule has 0 saturated heterocycles. The molecule has 1 aliphatic carbocycles. The minimum absolute atomic E-state index is 0.0763. The van der Waals surface area contributed by atoms with Gasteiger partial charge in [-0.15, -0.1) is 0 Å². The molecule has 1 atom stereocenters. The molecule has 1 aromatic carbocycles. The highest BCUT2D eigenvalue weighted by Gasteiger charge is 2.27. The molecule has 0 spiro atoms. The quantitative estimate of drug-likeness (QED) is 0.774. The average Bonchev–Trinajstić information content (AvgIpc) is 3.30. The zero-order valence-electron chi connectivity index (χ0n) is 13.5. The van der Waals surface area contributed by atoms with Crippen LogP contribution in [0.2, 0.25) is 0 Å². The van der Waals surface area contributed by atoms with Crippen molar-refractivity contribution in [2.45, 2.75) is 25.3 Å². The van der Waals surface area contributed by atoms with Gasteiger partial charge in [0.05, 0.1) is 11.7 Å². The van der Waals surface area contributed by atoms with Crippen LogP contribution in [0.15, 0.2) is 47.1 Å². The molecule has 26 heavy (non-hydrogen) atoms. The lowest BCUT2D eigenvalue weighted by molar-refractivity contribution is 0.0936. The molecule has 8 heteroatoms. The van der Waals surface area contributed by atoms with Gasteiger partial charge in [0.15, 0.2) is 0 Å². The minimum Gasteiger partial charge on any atom is -0.344 e. The number of carbonyl (C=O) groups excluding carboxylic acids is 1. The molecule has 6 nitrogen and oxygen atoms in total. The van der Waals surface area contributed by atoms with E-state index < -0.39 is 12.3 Å². The number of aromatic nitrogens is 3. The summed E-state index contributed by atoms with van der Waals surface area (Å²) < 4.78 is 29.7. The smallest absolute Gasteiger partial charge is 0.315 e. The number of hydrogen-bond acceptors (Lipinski definition) is 5. The van der Waals surface area contributed by atoms with Gasteiger partial charge >= 0.3 is 6.43 Å².